The standard InChI is InChI=1S/C14H11Cl2N3O2S/c1-8-10(15)3-2-4-12(8)17-14(22)18-13-6-5-9(19(20)21)7-11(13)16/h2-7H,1H3,(H2,17,18,22). The molecule has 0 fully saturated rings. The smallest absolute Gasteiger partial charge is 0.271 e. The SMILES string of the molecule is Cc1c(Cl)cccc1NC(=S)Nc1ccc([N+](=O)[O-])cc1Cl. The van der Waals surface area contributed by atoms with E-state index in [1.54, 1.807) is 12.1 Å². The molecule has 2 N–H and O–H groups in total. The number of halogens is 2. The molecule has 0 bridgehead atoms. The van der Waals surface area contributed by atoms with Crippen molar-refractivity contribution in [3.8, 4) is 0 Å². The molecule has 0 aliphatic heterocycles. The van der Waals surface area contributed by atoms with Crippen LogP contribution in [0.4, 0.5) is 17.1 Å². The Hall–Kier alpha value is -1.89. The fourth-order valence-electron chi connectivity index (χ4n) is 1.74. The van der Waals surface area contributed by atoms with E-state index in [2.05, 4.69) is 10.6 Å². The van der Waals surface area contributed by atoms with Gasteiger partial charge in [-0.1, -0.05) is 29.3 Å². The van der Waals surface area contributed by atoms with Crippen LogP contribution in [0.3, 0.4) is 0 Å². The topological polar surface area (TPSA) is 67.2 Å². The summed E-state index contributed by atoms with van der Waals surface area (Å²) >= 11 is 17.2. The number of rotatable bonds is 3. The zero-order chi connectivity index (χ0) is 16.3. The number of benzene rings is 2. The summed E-state index contributed by atoms with van der Waals surface area (Å²) in [5.74, 6) is 0. The summed E-state index contributed by atoms with van der Waals surface area (Å²) in [6, 6.07) is 9.54. The molecule has 114 valence electrons. The summed E-state index contributed by atoms with van der Waals surface area (Å²) in [5, 5.41) is 17.7. The zero-order valence-electron chi connectivity index (χ0n) is 11.4. The Morgan fingerprint density at radius 1 is 1.14 bits per heavy atom. The summed E-state index contributed by atoms with van der Waals surface area (Å²) in [7, 11) is 0. The average Bonchev–Trinajstić information content (AvgIpc) is 2.46. The van der Waals surface area contributed by atoms with E-state index < -0.39 is 4.92 Å². The van der Waals surface area contributed by atoms with Gasteiger partial charge in [0.1, 0.15) is 0 Å². The Morgan fingerprint density at radius 2 is 1.82 bits per heavy atom. The predicted molar refractivity (Wildman–Crippen MR) is 94.1 cm³/mol. The van der Waals surface area contributed by atoms with Gasteiger partial charge in [-0.25, -0.2) is 0 Å². The second kappa shape index (κ2) is 6.91. The van der Waals surface area contributed by atoms with Crippen molar-refractivity contribution in [2.24, 2.45) is 0 Å². The third-order valence-electron chi connectivity index (χ3n) is 2.93. The fourth-order valence-corrected chi connectivity index (χ4v) is 2.35. The summed E-state index contributed by atoms with van der Waals surface area (Å²) in [6.45, 7) is 1.87. The highest BCUT2D eigenvalue weighted by Crippen LogP contribution is 2.27. The molecule has 0 saturated carbocycles. The molecule has 0 amide bonds. The normalized spacial score (nSPS) is 10.1. The Balaban J connectivity index is 2.12. The second-order valence-electron chi connectivity index (χ2n) is 4.41. The number of hydrogen-bond donors (Lipinski definition) is 2. The number of nitro benzene ring substituents is 1. The van der Waals surface area contributed by atoms with E-state index in [0.29, 0.717) is 15.8 Å². The van der Waals surface area contributed by atoms with Crippen LogP contribution >= 0.6 is 35.4 Å². The fraction of sp³-hybridized carbons (Fsp3) is 0.0714. The Bertz CT molecular complexity index is 753. The van der Waals surface area contributed by atoms with Crippen molar-refractivity contribution in [3.63, 3.8) is 0 Å². The van der Waals surface area contributed by atoms with Gasteiger partial charge in [-0.15, -0.1) is 0 Å². The van der Waals surface area contributed by atoms with Gasteiger partial charge in [-0.2, -0.15) is 0 Å². The van der Waals surface area contributed by atoms with Crippen molar-refractivity contribution in [2.75, 3.05) is 10.6 Å². The maximum atomic E-state index is 10.7. The van der Waals surface area contributed by atoms with E-state index in [1.807, 2.05) is 13.0 Å². The molecule has 0 radical (unpaired) electrons. The number of non-ortho nitro benzene ring substituents is 1. The lowest BCUT2D eigenvalue weighted by atomic mass is 10.2. The summed E-state index contributed by atoms with van der Waals surface area (Å²) < 4.78 is 0. The molecule has 0 spiro atoms. The monoisotopic (exact) mass is 355 g/mol. The Morgan fingerprint density at radius 3 is 2.45 bits per heavy atom. The number of nitro groups is 1. The number of hydrogen-bond acceptors (Lipinski definition) is 3. The molecular formula is C14H11Cl2N3O2S. The molecule has 0 aromatic heterocycles. The van der Waals surface area contributed by atoms with E-state index in [1.165, 1.54) is 18.2 Å². The molecule has 2 rings (SSSR count). The van der Waals surface area contributed by atoms with Crippen LogP contribution < -0.4 is 10.6 Å². The summed E-state index contributed by atoms with van der Waals surface area (Å²) in [6.07, 6.45) is 0. The van der Waals surface area contributed by atoms with Crippen molar-refractivity contribution in [2.45, 2.75) is 6.92 Å². The average molecular weight is 356 g/mol. The first-order chi connectivity index (χ1) is 10.4. The van der Waals surface area contributed by atoms with Gasteiger partial charge in [-0.05, 0) is 42.9 Å². The minimum absolute atomic E-state index is 0.0832. The van der Waals surface area contributed by atoms with Gasteiger partial charge in [0.05, 0.1) is 15.6 Å². The lowest BCUT2D eigenvalue weighted by Gasteiger charge is -2.14. The zero-order valence-corrected chi connectivity index (χ0v) is 13.7. The van der Waals surface area contributed by atoms with Gasteiger partial charge < -0.3 is 10.6 Å². The number of thiocarbonyl (C=S) groups is 1. The Labute approximate surface area is 142 Å². The van der Waals surface area contributed by atoms with E-state index in [9.17, 15) is 10.1 Å². The molecule has 0 unspecified atom stereocenters. The van der Waals surface area contributed by atoms with Crippen LogP contribution in [0.2, 0.25) is 10.0 Å². The molecule has 0 saturated heterocycles. The van der Waals surface area contributed by atoms with Gasteiger partial charge in [0.2, 0.25) is 0 Å². The van der Waals surface area contributed by atoms with E-state index in [4.69, 9.17) is 35.4 Å². The first-order valence-electron chi connectivity index (χ1n) is 6.15. The van der Waals surface area contributed by atoms with E-state index in [-0.39, 0.29) is 10.7 Å². The highest BCUT2D eigenvalue weighted by molar-refractivity contribution is 7.80. The highest BCUT2D eigenvalue weighted by atomic mass is 35.5. The lowest BCUT2D eigenvalue weighted by molar-refractivity contribution is -0.384. The molecule has 22 heavy (non-hydrogen) atoms. The maximum Gasteiger partial charge on any atom is 0.271 e. The second-order valence-corrected chi connectivity index (χ2v) is 5.64. The number of nitrogens with one attached hydrogen (secondary N) is 2. The van der Waals surface area contributed by atoms with Crippen molar-refractivity contribution < 1.29 is 4.92 Å². The first kappa shape index (κ1) is 16.5. The van der Waals surface area contributed by atoms with Crippen molar-refractivity contribution >= 4 is 57.6 Å². The van der Waals surface area contributed by atoms with Gasteiger partial charge >= 0.3 is 0 Å². The molecule has 0 heterocycles. The van der Waals surface area contributed by atoms with Crippen molar-refractivity contribution in [1.29, 1.82) is 0 Å². The van der Waals surface area contributed by atoms with Crippen molar-refractivity contribution in [3.05, 3.63) is 62.1 Å². The predicted octanol–water partition coefficient (Wildman–Crippen LogP) is 5.02. The van der Waals surface area contributed by atoms with Crippen LogP contribution in [0.25, 0.3) is 0 Å². The van der Waals surface area contributed by atoms with Crippen LogP contribution in [-0.4, -0.2) is 10.0 Å². The minimum atomic E-state index is -0.512. The van der Waals surface area contributed by atoms with Crippen LogP contribution in [0.5, 0.6) is 0 Å². The van der Waals surface area contributed by atoms with Gasteiger partial charge in [0.25, 0.3) is 5.69 Å². The largest absolute Gasteiger partial charge is 0.332 e. The third kappa shape index (κ3) is 3.85. The van der Waals surface area contributed by atoms with E-state index >= 15 is 0 Å². The van der Waals surface area contributed by atoms with Gasteiger partial charge in [0, 0.05) is 22.8 Å². The van der Waals surface area contributed by atoms with Gasteiger partial charge in [0.15, 0.2) is 5.11 Å². The maximum absolute atomic E-state index is 10.7. The molecule has 8 heteroatoms. The van der Waals surface area contributed by atoms with Crippen LogP contribution in [0.1, 0.15) is 5.56 Å². The number of nitrogens with zero attached hydrogens (tertiary/aromatic N) is 1. The number of anilines is 2. The molecule has 2 aromatic carbocycles. The highest BCUT2D eigenvalue weighted by Gasteiger charge is 2.11. The first-order valence-corrected chi connectivity index (χ1v) is 7.32. The minimum Gasteiger partial charge on any atom is -0.332 e. The Kier molecular flexibility index (Phi) is 5.18. The van der Waals surface area contributed by atoms with Crippen LogP contribution in [0, 0.1) is 17.0 Å². The molecule has 5 nitrogen and oxygen atoms in total. The third-order valence-corrected chi connectivity index (χ3v) is 3.85. The summed E-state index contributed by atoms with van der Waals surface area (Å²) in [5.41, 5.74) is 2.02. The van der Waals surface area contributed by atoms with Crippen LogP contribution in [-0.2, 0) is 0 Å². The van der Waals surface area contributed by atoms with Crippen molar-refractivity contribution in [1.82, 2.24) is 0 Å². The molecule has 0 aliphatic rings. The summed E-state index contributed by atoms with van der Waals surface area (Å²) in [4.78, 5) is 10.2. The molecular weight excluding hydrogens is 345 g/mol. The lowest BCUT2D eigenvalue weighted by Crippen LogP contribution is -2.19. The van der Waals surface area contributed by atoms with Crippen LogP contribution in [0.15, 0.2) is 36.4 Å². The van der Waals surface area contributed by atoms with E-state index in [0.717, 1.165) is 11.3 Å². The quantitative estimate of drug-likeness (QED) is 0.459. The molecule has 2 aromatic rings. The molecule has 0 aliphatic carbocycles. The van der Waals surface area contributed by atoms with Gasteiger partial charge in [-0.3, -0.25) is 10.1 Å². The molecule has 0 atom stereocenters.